The molecule has 7 heteroatoms. The van der Waals surface area contributed by atoms with Crippen molar-refractivity contribution in [1.82, 2.24) is 9.88 Å². The number of carbonyl (C=O) groups is 1. The number of thiazole rings is 1. The van der Waals surface area contributed by atoms with Gasteiger partial charge in [-0.3, -0.25) is 9.69 Å². The van der Waals surface area contributed by atoms with Crippen LogP contribution in [0.2, 0.25) is 0 Å². The number of rotatable bonds is 7. The monoisotopic (exact) mass is 411 g/mol. The minimum Gasteiger partial charge on any atom is -0.485 e. The number of amides is 1. The third-order valence-corrected chi connectivity index (χ3v) is 6.16. The van der Waals surface area contributed by atoms with Crippen LogP contribution in [0.3, 0.4) is 0 Å². The Morgan fingerprint density at radius 1 is 1.07 bits per heavy atom. The molecule has 1 aliphatic heterocycles. The van der Waals surface area contributed by atoms with E-state index in [1.807, 2.05) is 48.5 Å². The van der Waals surface area contributed by atoms with Gasteiger partial charge >= 0.3 is 0 Å². The van der Waals surface area contributed by atoms with E-state index in [1.54, 1.807) is 4.90 Å². The summed E-state index contributed by atoms with van der Waals surface area (Å²) >= 11 is 1.53. The molecule has 1 aromatic heterocycles. The van der Waals surface area contributed by atoms with E-state index in [0.717, 1.165) is 29.9 Å². The molecule has 0 bridgehead atoms. The Morgan fingerprint density at radius 3 is 2.55 bits per heavy atom. The van der Waals surface area contributed by atoms with Gasteiger partial charge in [-0.1, -0.05) is 49.4 Å². The molecule has 4 rings (SSSR count). The summed E-state index contributed by atoms with van der Waals surface area (Å²) in [6.45, 7) is 7.66. The lowest BCUT2D eigenvalue weighted by molar-refractivity contribution is -0.127. The molecule has 0 unspecified atom stereocenters. The molecule has 0 saturated carbocycles. The summed E-state index contributed by atoms with van der Waals surface area (Å²) in [6.07, 6.45) is -0.686. The van der Waals surface area contributed by atoms with Crippen LogP contribution in [0.1, 0.15) is 13.8 Å². The number of benzene rings is 2. The van der Waals surface area contributed by atoms with Crippen molar-refractivity contribution >= 4 is 32.6 Å². The highest BCUT2D eigenvalue weighted by Gasteiger charge is 2.33. The molecule has 0 saturated heterocycles. The van der Waals surface area contributed by atoms with Crippen molar-refractivity contribution in [3.05, 3.63) is 48.5 Å². The van der Waals surface area contributed by atoms with Gasteiger partial charge in [0.25, 0.3) is 5.91 Å². The average molecular weight is 412 g/mol. The fraction of sp³-hybridized carbons (Fsp3) is 0.364. The minimum atomic E-state index is -0.686. The zero-order valence-corrected chi connectivity index (χ0v) is 17.5. The Labute approximate surface area is 174 Å². The third-order valence-electron chi connectivity index (χ3n) is 5.10. The summed E-state index contributed by atoms with van der Waals surface area (Å²) in [6, 6.07) is 15.4. The van der Waals surface area contributed by atoms with Crippen LogP contribution in [0, 0.1) is 0 Å². The van der Waals surface area contributed by atoms with Crippen LogP contribution in [-0.2, 0) is 4.79 Å². The molecule has 1 atom stereocenters. The Morgan fingerprint density at radius 2 is 1.79 bits per heavy atom. The summed E-state index contributed by atoms with van der Waals surface area (Å²) in [5.41, 5.74) is 0.902. The highest BCUT2D eigenvalue weighted by Crippen LogP contribution is 2.33. The van der Waals surface area contributed by atoms with Crippen molar-refractivity contribution in [2.75, 3.05) is 37.7 Å². The Kier molecular flexibility index (Phi) is 5.97. The van der Waals surface area contributed by atoms with Crippen LogP contribution >= 0.6 is 11.3 Å². The Hall–Kier alpha value is -2.64. The molecule has 0 N–H and O–H groups in total. The standard InChI is InChI=1S/C22H25N3O3S/c1-3-24(4-2)13-14-25(22-23-16-9-5-8-12-20(16)29-22)21(26)19-15-27-17-10-6-7-11-18(17)28-19/h5-12,19H,3-4,13-15H2,1-2H3/t19-/m1/s1. The smallest absolute Gasteiger partial charge is 0.273 e. The van der Waals surface area contributed by atoms with Crippen LogP contribution in [-0.4, -0.2) is 54.7 Å². The first-order valence-electron chi connectivity index (χ1n) is 9.97. The third kappa shape index (κ3) is 4.21. The molecule has 29 heavy (non-hydrogen) atoms. The van der Waals surface area contributed by atoms with Crippen molar-refractivity contribution in [3.63, 3.8) is 0 Å². The van der Waals surface area contributed by atoms with Crippen LogP contribution < -0.4 is 14.4 Å². The van der Waals surface area contributed by atoms with Gasteiger partial charge in [0.15, 0.2) is 16.6 Å². The van der Waals surface area contributed by atoms with E-state index < -0.39 is 6.10 Å². The molecule has 1 aliphatic rings. The predicted octanol–water partition coefficient (Wildman–Crippen LogP) is 3.81. The van der Waals surface area contributed by atoms with Crippen molar-refractivity contribution in [3.8, 4) is 11.5 Å². The second-order valence-corrected chi connectivity index (χ2v) is 7.85. The first-order valence-corrected chi connectivity index (χ1v) is 10.8. The molecule has 6 nitrogen and oxygen atoms in total. The number of hydrogen-bond acceptors (Lipinski definition) is 6. The lowest BCUT2D eigenvalue weighted by Gasteiger charge is -2.30. The van der Waals surface area contributed by atoms with Crippen molar-refractivity contribution in [1.29, 1.82) is 0 Å². The molecule has 2 aromatic carbocycles. The van der Waals surface area contributed by atoms with Gasteiger partial charge in [-0.2, -0.15) is 0 Å². The fourth-order valence-corrected chi connectivity index (χ4v) is 4.37. The summed E-state index contributed by atoms with van der Waals surface area (Å²) in [5.74, 6) is 1.15. The quantitative estimate of drug-likeness (QED) is 0.592. The second-order valence-electron chi connectivity index (χ2n) is 6.85. The number of likely N-dealkylation sites (N-methyl/N-ethyl adjacent to an activating group) is 1. The molecule has 152 valence electrons. The highest BCUT2D eigenvalue weighted by atomic mass is 32.1. The van der Waals surface area contributed by atoms with Crippen LogP contribution in [0.15, 0.2) is 48.5 Å². The molecule has 0 fully saturated rings. The van der Waals surface area contributed by atoms with E-state index in [9.17, 15) is 4.79 Å². The maximum absolute atomic E-state index is 13.4. The number of nitrogens with zero attached hydrogens (tertiary/aromatic N) is 3. The molecule has 1 amide bonds. The maximum atomic E-state index is 13.4. The van der Waals surface area contributed by atoms with Gasteiger partial charge in [0.2, 0.25) is 6.10 Å². The number of hydrogen-bond donors (Lipinski definition) is 0. The summed E-state index contributed by atoms with van der Waals surface area (Å²) in [4.78, 5) is 22.2. The fourth-order valence-electron chi connectivity index (χ4n) is 3.37. The van der Waals surface area contributed by atoms with E-state index in [2.05, 4.69) is 18.7 Å². The van der Waals surface area contributed by atoms with Gasteiger partial charge in [0.05, 0.1) is 10.2 Å². The van der Waals surface area contributed by atoms with Crippen molar-refractivity contribution < 1.29 is 14.3 Å². The summed E-state index contributed by atoms with van der Waals surface area (Å²) in [7, 11) is 0. The van der Waals surface area contributed by atoms with E-state index in [0.29, 0.717) is 23.2 Å². The number of ether oxygens (including phenoxy) is 2. The van der Waals surface area contributed by atoms with E-state index in [1.165, 1.54) is 11.3 Å². The van der Waals surface area contributed by atoms with E-state index in [-0.39, 0.29) is 12.5 Å². The maximum Gasteiger partial charge on any atom is 0.273 e. The largest absolute Gasteiger partial charge is 0.485 e. The zero-order valence-electron chi connectivity index (χ0n) is 16.7. The Bertz CT molecular complexity index is 953. The summed E-state index contributed by atoms with van der Waals surface area (Å²) in [5, 5.41) is 0.700. The molecule has 0 spiro atoms. The first-order chi connectivity index (χ1) is 14.2. The van der Waals surface area contributed by atoms with E-state index >= 15 is 0 Å². The zero-order chi connectivity index (χ0) is 20.2. The SMILES string of the molecule is CCN(CC)CCN(C(=O)[C@H]1COc2ccccc2O1)c1nc2ccccc2s1. The van der Waals surface area contributed by atoms with Gasteiger partial charge in [-0.05, 0) is 37.4 Å². The van der Waals surface area contributed by atoms with Gasteiger partial charge in [-0.15, -0.1) is 0 Å². The number of para-hydroxylation sites is 3. The van der Waals surface area contributed by atoms with Gasteiger partial charge in [0, 0.05) is 13.1 Å². The minimum absolute atomic E-state index is 0.120. The Balaban J connectivity index is 1.59. The second kappa shape index (κ2) is 8.80. The van der Waals surface area contributed by atoms with Gasteiger partial charge in [-0.25, -0.2) is 4.98 Å². The van der Waals surface area contributed by atoms with E-state index in [4.69, 9.17) is 14.5 Å². The molecule has 0 aliphatic carbocycles. The topological polar surface area (TPSA) is 54.9 Å². The van der Waals surface area contributed by atoms with Gasteiger partial charge in [0.1, 0.15) is 6.61 Å². The highest BCUT2D eigenvalue weighted by molar-refractivity contribution is 7.22. The molecule has 0 radical (unpaired) electrons. The average Bonchev–Trinajstić information content (AvgIpc) is 3.20. The first kappa shape index (κ1) is 19.7. The number of aromatic nitrogens is 1. The lowest BCUT2D eigenvalue weighted by Crippen LogP contribution is -2.48. The van der Waals surface area contributed by atoms with Crippen LogP contribution in [0.25, 0.3) is 10.2 Å². The summed E-state index contributed by atoms with van der Waals surface area (Å²) < 4.78 is 12.8. The van der Waals surface area contributed by atoms with Crippen LogP contribution in [0.5, 0.6) is 11.5 Å². The molecular formula is C22H25N3O3S. The lowest BCUT2D eigenvalue weighted by atomic mass is 10.2. The molecule has 2 heterocycles. The molecule has 3 aromatic rings. The number of carbonyl (C=O) groups excluding carboxylic acids is 1. The van der Waals surface area contributed by atoms with Crippen molar-refractivity contribution in [2.24, 2.45) is 0 Å². The van der Waals surface area contributed by atoms with Gasteiger partial charge < -0.3 is 14.4 Å². The van der Waals surface area contributed by atoms with Crippen molar-refractivity contribution in [2.45, 2.75) is 20.0 Å². The molecular weight excluding hydrogens is 386 g/mol. The number of fused-ring (bicyclic) bond motifs is 2. The predicted molar refractivity (Wildman–Crippen MR) is 116 cm³/mol. The van der Waals surface area contributed by atoms with Crippen LogP contribution in [0.4, 0.5) is 5.13 Å². The number of anilines is 1. The normalized spacial score (nSPS) is 15.6.